The number of hydrogen-bond donors (Lipinski definition) is 1. The molecule has 0 aliphatic rings. The SMILES string of the molecule is CCC(CCBr)CNC(=O)c1ccc(F)c(F)c1. The van der Waals surface area contributed by atoms with Crippen molar-refractivity contribution in [1.82, 2.24) is 5.32 Å². The first-order chi connectivity index (χ1) is 8.58. The molecule has 0 saturated carbocycles. The van der Waals surface area contributed by atoms with E-state index in [4.69, 9.17) is 0 Å². The molecule has 0 aromatic heterocycles. The second-order valence-corrected chi connectivity index (χ2v) is 4.88. The van der Waals surface area contributed by atoms with E-state index in [0.717, 1.165) is 30.3 Å². The molecule has 0 fully saturated rings. The third kappa shape index (κ3) is 4.37. The van der Waals surface area contributed by atoms with E-state index in [2.05, 4.69) is 28.2 Å². The fourth-order valence-corrected chi connectivity index (χ4v) is 2.23. The summed E-state index contributed by atoms with van der Waals surface area (Å²) in [7, 11) is 0. The monoisotopic (exact) mass is 319 g/mol. The molecule has 18 heavy (non-hydrogen) atoms. The standard InChI is InChI=1S/C13H16BrF2NO/c1-2-9(5-6-14)8-17-13(18)10-3-4-11(15)12(16)7-10/h3-4,7,9H,2,5-6,8H2,1H3,(H,17,18). The molecule has 0 aliphatic carbocycles. The Morgan fingerprint density at radius 2 is 2.11 bits per heavy atom. The zero-order valence-electron chi connectivity index (χ0n) is 10.2. The van der Waals surface area contributed by atoms with Crippen molar-refractivity contribution in [1.29, 1.82) is 0 Å². The second-order valence-electron chi connectivity index (χ2n) is 4.09. The van der Waals surface area contributed by atoms with E-state index < -0.39 is 11.6 Å². The van der Waals surface area contributed by atoms with Crippen LogP contribution >= 0.6 is 15.9 Å². The zero-order valence-corrected chi connectivity index (χ0v) is 11.8. The van der Waals surface area contributed by atoms with Gasteiger partial charge in [0.25, 0.3) is 5.91 Å². The van der Waals surface area contributed by atoms with Crippen molar-refractivity contribution >= 4 is 21.8 Å². The van der Waals surface area contributed by atoms with Gasteiger partial charge in [-0.25, -0.2) is 8.78 Å². The van der Waals surface area contributed by atoms with Crippen LogP contribution in [0.3, 0.4) is 0 Å². The zero-order chi connectivity index (χ0) is 13.5. The van der Waals surface area contributed by atoms with Crippen molar-refractivity contribution in [3.63, 3.8) is 0 Å². The lowest BCUT2D eigenvalue weighted by molar-refractivity contribution is 0.0946. The maximum Gasteiger partial charge on any atom is 0.251 e. The molecule has 1 N–H and O–H groups in total. The minimum atomic E-state index is -1.00. The maximum absolute atomic E-state index is 13.0. The summed E-state index contributed by atoms with van der Waals surface area (Å²) >= 11 is 3.36. The first-order valence-electron chi connectivity index (χ1n) is 5.87. The van der Waals surface area contributed by atoms with Crippen LogP contribution in [0.5, 0.6) is 0 Å². The fraction of sp³-hybridized carbons (Fsp3) is 0.462. The molecule has 2 nitrogen and oxygen atoms in total. The van der Waals surface area contributed by atoms with Crippen LogP contribution in [0.2, 0.25) is 0 Å². The Balaban J connectivity index is 2.57. The number of carbonyl (C=O) groups is 1. The molecular formula is C13H16BrF2NO. The van der Waals surface area contributed by atoms with Gasteiger partial charge >= 0.3 is 0 Å². The first-order valence-corrected chi connectivity index (χ1v) is 6.99. The summed E-state index contributed by atoms with van der Waals surface area (Å²) in [6.07, 6.45) is 1.93. The smallest absolute Gasteiger partial charge is 0.251 e. The van der Waals surface area contributed by atoms with Crippen LogP contribution in [-0.4, -0.2) is 17.8 Å². The van der Waals surface area contributed by atoms with E-state index in [1.54, 1.807) is 0 Å². The average molecular weight is 320 g/mol. The molecule has 1 rings (SSSR count). The quantitative estimate of drug-likeness (QED) is 0.799. The highest BCUT2D eigenvalue weighted by Crippen LogP contribution is 2.11. The summed E-state index contributed by atoms with van der Waals surface area (Å²) in [6.45, 7) is 2.59. The maximum atomic E-state index is 13.0. The first kappa shape index (κ1) is 15.1. The second kappa shape index (κ2) is 7.46. The number of nitrogens with one attached hydrogen (secondary N) is 1. The number of halogens is 3. The number of alkyl halides is 1. The molecule has 1 amide bonds. The van der Waals surface area contributed by atoms with Gasteiger partial charge in [-0.05, 0) is 30.5 Å². The van der Waals surface area contributed by atoms with Crippen LogP contribution in [0.25, 0.3) is 0 Å². The predicted octanol–water partition coefficient (Wildman–Crippen LogP) is 3.51. The highest BCUT2D eigenvalue weighted by atomic mass is 79.9. The Kier molecular flexibility index (Phi) is 6.25. The summed E-state index contributed by atoms with van der Waals surface area (Å²) in [4.78, 5) is 11.7. The van der Waals surface area contributed by atoms with Gasteiger partial charge in [0, 0.05) is 17.4 Å². The molecule has 0 heterocycles. The van der Waals surface area contributed by atoms with E-state index in [0.29, 0.717) is 12.5 Å². The largest absolute Gasteiger partial charge is 0.352 e. The Morgan fingerprint density at radius 1 is 1.39 bits per heavy atom. The van der Waals surface area contributed by atoms with Gasteiger partial charge in [-0.3, -0.25) is 4.79 Å². The van der Waals surface area contributed by atoms with Crippen LogP contribution in [0.15, 0.2) is 18.2 Å². The van der Waals surface area contributed by atoms with Crippen LogP contribution in [0, 0.1) is 17.6 Å². The summed E-state index contributed by atoms with van der Waals surface area (Å²) in [6, 6.07) is 3.15. The molecule has 1 aromatic rings. The fourth-order valence-electron chi connectivity index (χ4n) is 1.58. The van der Waals surface area contributed by atoms with E-state index in [1.165, 1.54) is 6.07 Å². The summed E-state index contributed by atoms with van der Waals surface area (Å²) in [5.41, 5.74) is 0.141. The minimum Gasteiger partial charge on any atom is -0.352 e. The van der Waals surface area contributed by atoms with Gasteiger partial charge in [0.15, 0.2) is 11.6 Å². The highest BCUT2D eigenvalue weighted by Gasteiger charge is 2.11. The summed E-state index contributed by atoms with van der Waals surface area (Å²) < 4.78 is 25.7. The number of rotatable bonds is 6. The van der Waals surface area contributed by atoms with Crippen LogP contribution in [0.1, 0.15) is 30.1 Å². The number of hydrogen-bond acceptors (Lipinski definition) is 1. The molecule has 0 bridgehead atoms. The van der Waals surface area contributed by atoms with Crippen molar-refractivity contribution in [2.45, 2.75) is 19.8 Å². The Labute approximate surface area is 114 Å². The van der Waals surface area contributed by atoms with Crippen molar-refractivity contribution < 1.29 is 13.6 Å². The lowest BCUT2D eigenvalue weighted by Crippen LogP contribution is -2.29. The molecule has 0 spiro atoms. The van der Waals surface area contributed by atoms with Gasteiger partial charge in [0.2, 0.25) is 0 Å². The average Bonchev–Trinajstić information content (AvgIpc) is 2.37. The third-order valence-electron chi connectivity index (χ3n) is 2.83. The normalized spacial score (nSPS) is 12.2. The van der Waals surface area contributed by atoms with Gasteiger partial charge in [0.1, 0.15) is 0 Å². The molecule has 1 atom stereocenters. The van der Waals surface area contributed by atoms with Crippen molar-refractivity contribution in [2.24, 2.45) is 5.92 Å². The van der Waals surface area contributed by atoms with Crippen molar-refractivity contribution in [3.05, 3.63) is 35.4 Å². The van der Waals surface area contributed by atoms with Gasteiger partial charge < -0.3 is 5.32 Å². The van der Waals surface area contributed by atoms with Crippen LogP contribution in [0.4, 0.5) is 8.78 Å². The molecule has 0 saturated heterocycles. The third-order valence-corrected chi connectivity index (χ3v) is 3.29. The van der Waals surface area contributed by atoms with Gasteiger partial charge in [-0.2, -0.15) is 0 Å². The van der Waals surface area contributed by atoms with Crippen LogP contribution < -0.4 is 5.32 Å². The van der Waals surface area contributed by atoms with E-state index in [-0.39, 0.29) is 11.5 Å². The molecular weight excluding hydrogens is 304 g/mol. The lowest BCUT2D eigenvalue weighted by atomic mass is 10.0. The van der Waals surface area contributed by atoms with E-state index in [9.17, 15) is 13.6 Å². The van der Waals surface area contributed by atoms with Gasteiger partial charge in [-0.1, -0.05) is 29.3 Å². The molecule has 0 radical (unpaired) electrons. The highest BCUT2D eigenvalue weighted by molar-refractivity contribution is 9.09. The summed E-state index contributed by atoms with van der Waals surface area (Å²) in [5, 5.41) is 3.61. The number of amides is 1. The van der Waals surface area contributed by atoms with Crippen molar-refractivity contribution in [2.75, 3.05) is 11.9 Å². The minimum absolute atomic E-state index is 0.141. The molecule has 1 aromatic carbocycles. The van der Waals surface area contributed by atoms with Crippen LogP contribution in [-0.2, 0) is 0 Å². The number of benzene rings is 1. The summed E-state index contributed by atoms with van der Waals surface area (Å²) in [5.74, 6) is -1.94. The van der Waals surface area contributed by atoms with Gasteiger partial charge in [-0.15, -0.1) is 0 Å². The Hall–Kier alpha value is -0.970. The molecule has 5 heteroatoms. The number of carbonyl (C=O) groups excluding carboxylic acids is 1. The molecule has 0 aliphatic heterocycles. The van der Waals surface area contributed by atoms with Crippen molar-refractivity contribution in [3.8, 4) is 0 Å². The molecule has 100 valence electrons. The topological polar surface area (TPSA) is 29.1 Å². The predicted molar refractivity (Wildman–Crippen MR) is 70.9 cm³/mol. The van der Waals surface area contributed by atoms with E-state index in [1.807, 2.05) is 0 Å². The Morgan fingerprint density at radius 3 is 2.67 bits per heavy atom. The van der Waals surface area contributed by atoms with E-state index >= 15 is 0 Å². The van der Waals surface area contributed by atoms with Gasteiger partial charge in [0.05, 0.1) is 0 Å². The lowest BCUT2D eigenvalue weighted by Gasteiger charge is -2.14. The Bertz CT molecular complexity index is 412. The molecule has 1 unspecified atom stereocenters.